The lowest BCUT2D eigenvalue weighted by Crippen LogP contribution is -2.33. The molecule has 1 aromatic rings. The van der Waals surface area contributed by atoms with E-state index in [9.17, 15) is 9.90 Å². The molecule has 1 aromatic carbocycles. The lowest BCUT2D eigenvalue weighted by atomic mass is 9.90. The molecule has 2 unspecified atom stereocenters. The van der Waals surface area contributed by atoms with Crippen LogP contribution in [0.4, 0.5) is 0 Å². The molecule has 0 saturated heterocycles. The van der Waals surface area contributed by atoms with E-state index >= 15 is 0 Å². The maximum atomic E-state index is 11.7. The number of fused-ring (bicyclic) bond motifs is 1. The summed E-state index contributed by atoms with van der Waals surface area (Å²) in [7, 11) is 0. The monoisotopic (exact) mass is 357 g/mol. The Balaban J connectivity index is 1.73. The fourth-order valence-electron chi connectivity index (χ4n) is 3.00. The molecule has 7 nitrogen and oxygen atoms in total. The van der Waals surface area contributed by atoms with Crippen LogP contribution >= 0.6 is 11.8 Å². The quantitative estimate of drug-likeness (QED) is 0.633. The van der Waals surface area contributed by atoms with Crippen LogP contribution in [0.5, 0.6) is 0 Å². The molecule has 0 aromatic heterocycles. The van der Waals surface area contributed by atoms with Crippen LogP contribution in [-0.4, -0.2) is 28.1 Å². The fraction of sp³-hybridized carbons (Fsp3) is 0.353. The number of primary amides is 1. The topological polar surface area (TPSA) is 126 Å². The number of rotatable bonds is 4. The molecule has 8 heteroatoms. The van der Waals surface area contributed by atoms with Crippen LogP contribution in [0.3, 0.4) is 0 Å². The molecule has 1 saturated carbocycles. The Hall–Kier alpha value is -2.32. The largest absolute Gasteiger partial charge is 0.400 e. The van der Waals surface area contributed by atoms with Crippen LogP contribution in [-0.2, 0) is 11.4 Å². The van der Waals surface area contributed by atoms with Gasteiger partial charge in [-0.2, -0.15) is 0 Å². The van der Waals surface area contributed by atoms with Crippen molar-refractivity contribution < 1.29 is 9.90 Å². The number of hydrogen-bond donors (Lipinski definition) is 4. The number of nitrogens with zero attached hydrogens (tertiary/aromatic N) is 2. The predicted octanol–water partition coefficient (Wildman–Crippen LogP) is 0.759. The van der Waals surface area contributed by atoms with Crippen molar-refractivity contribution in [3.05, 3.63) is 46.0 Å². The number of aliphatic hydroxyl groups excluding tert-OH is 1. The van der Waals surface area contributed by atoms with Crippen LogP contribution in [0.1, 0.15) is 30.0 Å². The summed E-state index contributed by atoms with van der Waals surface area (Å²) >= 11 is 1.24. The summed E-state index contributed by atoms with van der Waals surface area (Å²) in [6.45, 7) is -0.0114. The number of benzene rings is 1. The molecule has 1 amide bonds. The molecule has 1 fully saturated rings. The zero-order valence-electron chi connectivity index (χ0n) is 13.5. The molecule has 4 rings (SSSR count). The van der Waals surface area contributed by atoms with E-state index in [2.05, 4.69) is 10.3 Å². The second-order valence-corrected chi connectivity index (χ2v) is 7.42. The average molecular weight is 357 g/mol. The molecule has 0 bridgehead atoms. The van der Waals surface area contributed by atoms with Crippen molar-refractivity contribution in [2.24, 2.45) is 27.4 Å². The molecule has 2 aliphatic heterocycles. The third-order valence-corrected chi connectivity index (χ3v) is 5.70. The fourth-order valence-corrected chi connectivity index (χ4v) is 4.07. The molecule has 2 heterocycles. The van der Waals surface area contributed by atoms with Gasteiger partial charge in [-0.15, -0.1) is 0 Å². The maximum Gasteiger partial charge on any atom is 0.257 e. The van der Waals surface area contributed by atoms with Crippen molar-refractivity contribution in [1.29, 1.82) is 0 Å². The third-order valence-electron chi connectivity index (χ3n) is 4.50. The van der Waals surface area contributed by atoms with E-state index in [1.807, 2.05) is 24.3 Å². The first-order chi connectivity index (χ1) is 12.1. The highest BCUT2D eigenvalue weighted by Gasteiger charge is 2.42. The highest BCUT2D eigenvalue weighted by Crippen LogP contribution is 2.45. The van der Waals surface area contributed by atoms with E-state index in [1.165, 1.54) is 11.8 Å². The molecule has 3 aliphatic rings. The van der Waals surface area contributed by atoms with Crippen LogP contribution in [0.25, 0.3) is 0 Å². The van der Waals surface area contributed by atoms with Crippen molar-refractivity contribution in [2.75, 3.05) is 0 Å². The zero-order chi connectivity index (χ0) is 17.6. The van der Waals surface area contributed by atoms with Crippen LogP contribution in [0, 0.1) is 5.92 Å². The van der Waals surface area contributed by atoms with Gasteiger partial charge in [-0.1, -0.05) is 36.0 Å². The standard InChI is InChI=1S/C17H19N5O2S/c18-12-11-13(9-3-1-8(7-23)2-4-9)21-17(20-10-5-6-10)22-16(11)25-14(12)15(19)24/h1-4,10-11,13,23H,5-7,18H2,(H2,19,24)(H,20,21). The van der Waals surface area contributed by atoms with E-state index < -0.39 is 5.91 Å². The van der Waals surface area contributed by atoms with Gasteiger partial charge in [0.1, 0.15) is 0 Å². The van der Waals surface area contributed by atoms with Gasteiger partial charge in [-0.05, 0) is 24.0 Å². The number of carbonyl (C=O) groups is 1. The number of nitrogens with one attached hydrogen (secondary N) is 1. The molecular formula is C17H19N5O2S. The Morgan fingerprint density at radius 1 is 1.32 bits per heavy atom. The Labute approximate surface area is 149 Å². The number of thioether (sulfide) groups is 1. The predicted molar refractivity (Wildman–Crippen MR) is 97.6 cm³/mol. The lowest BCUT2D eigenvalue weighted by molar-refractivity contribution is -0.113. The first-order valence-corrected chi connectivity index (χ1v) is 8.98. The lowest BCUT2D eigenvalue weighted by Gasteiger charge is -2.26. The molecule has 1 aliphatic carbocycles. The molecule has 25 heavy (non-hydrogen) atoms. The number of amides is 1. The van der Waals surface area contributed by atoms with E-state index in [0.717, 1.165) is 29.0 Å². The van der Waals surface area contributed by atoms with Crippen molar-refractivity contribution in [3.8, 4) is 0 Å². The summed E-state index contributed by atoms with van der Waals surface area (Å²) in [5.74, 6) is -0.237. The summed E-state index contributed by atoms with van der Waals surface area (Å²) in [5, 5.41) is 13.3. The van der Waals surface area contributed by atoms with Gasteiger partial charge in [0.05, 0.1) is 28.5 Å². The maximum absolute atomic E-state index is 11.7. The highest BCUT2D eigenvalue weighted by atomic mass is 32.2. The van der Waals surface area contributed by atoms with E-state index in [0.29, 0.717) is 22.6 Å². The zero-order valence-corrected chi connectivity index (χ0v) is 14.3. The van der Waals surface area contributed by atoms with E-state index in [-0.39, 0.29) is 18.6 Å². The van der Waals surface area contributed by atoms with Crippen molar-refractivity contribution in [3.63, 3.8) is 0 Å². The molecule has 130 valence electrons. The average Bonchev–Trinajstić information content (AvgIpc) is 3.36. The van der Waals surface area contributed by atoms with Crippen LogP contribution in [0.15, 0.2) is 44.9 Å². The number of guanidine groups is 1. The third kappa shape index (κ3) is 3.03. The summed E-state index contributed by atoms with van der Waals surface area (Å²) in [4.78, 5) is 21.3. The number of carbonyl (C=O) groups excluding carboxylic acids is 1. The van der Waals surface area contributed by atoms with Gasteiger partial charge in [0.2, 0.25) is 5.96 Å². The summed E-state index contributed by atoms with van der Waals surface area (Å²) < 4.78 is 0. The number of aliphatic imine (C=N–C) groups is 2. The molecule has 2 atom stereocenters. The van der Waals surface area contributed by atoms with Gasteiger partial charge < -0.3 is 21.9 Å². The number of nitrogens with two attached hydrogens (primary N) is 2. The molecule has 0 spiro atoms. The van der Waals surface area contributed by atoms with Crippen molar-refractivity contribution in [2.45, 2.75) is 31.5 Å². The van der Waals surface area contributed by atoms with Gasteiger partial charge in [-0.3, -0.25) is 4.79 Å². The first-order valence-electron chi connectivity index (χ1n) is 8.16. The molecule has 6 N–H and O–H groups in total. The minimum absolute atomic E-state index is 0.0114. The minimum atomic E-state index is -0.536. The second kappa shape index (κ2) is 6.20. The van der Waals surface area contributed by atoms with Crippen LogP contribution in [0.2, 0.25) is 0 Å². The van der Waals surface area contributed by atoms with Gasteiger partial charge in [0, 0.05) is 11.7 Å². The van der Waals surface area contributed by atoms with E-state index in [4.69, 9.17) is 16.5 Å². The van der Waals surface area contributed by atoms with Gasteiger partial charge >= 0.3 is 0 Å². The minimum Gasteiger partial charge on any atom is -0.400 e. The van der Waals surface area contributed by atoms with Crippen molar-refractivity contribution in [1.82, 2.24) is 5.32 Å². The van der Waals surface area contributed by atoms with Gasteiger partial charge in [-0.25, -0.2) is 9.98 Å². The Morgan fingerprint density at radius 3 is 2.64 bits per heavy atom. The molecular weight excluding hydrogens is 338 g/mol. The number of hydrogen-bond acceptors (Lipinski definition) is 7. The SMILES string of the molecule is NC(=O)C1=C(N)C2C(=NC(NC3CC3)=NC2c2ccc(CO)cc2)S1. The Morgan fingerprint density at radius 2 is 2.04 bits per heavy atom. The normalized spacial score (nSPS) is 25.3. The van der Waals surface area contributed by atoms with Gasteiger partial charge in [0.15, 0.2) is 0 Å². The number of aliphatic hydroxyl groups is 1. The second-order valence-electron chi connectivity index (χ2n) is 6.39. The molecule has 0 radical (unpaired) electrons. The first kappa shape index (κ1) is 16.2. The summed E-state index contributed by atoms with van der Waals surface area (Å²) in [6, 6.07) is 7.73. The van der Waals surface area contributed by atoms with Gasteiger partial charge in [0.25, 0.3) is 5.91 Å². The van der Waals surface area contributed by atoms with Crippen molar-refractivity contribution >= 4 is 28.7 Å². The smallest absolute Gasteiger partial charge is 0.257 e. The summed E-state index contributed by atoms with van der Waals surface area (Å²) in [6.07, 6.45) is 2.23. The Kier molecular flexibility index (Phi) is 4.01. The van der Waals surface area contributed by atoms with Crippen LogP contribution < -0.4 is 16.8 Å². The highest BCUT2D eigenvalue weighted by molar-refractivity contribution is 8.18. The Bertz CT molecular complexity index is 811. The summed E-state index contributed by atoms with van der Waals surface area (Å²) in [5.41, 5.74) is 13.9. The van der Waals surface area contributed by atoms with E-state index in [1.54, 1.807) is 0 Å².